The van der Waals surface area contributed by atoms with Crippen LogP contribution >= 0.6 is 0 Å². The fourth-order valence-electron chi connectivity index (χ4n) is 5.31. The summed E-state index contributed by atoms with van der Waals surface area (Å²) in [5, 5.41) is 3.02. The van der Waals surface area contributed by atoms with Crippen molar-refractivity contribution in [3.63, 3.8) is 0 Å². The number of hydrogen-bond acceptors (Lipinski definition) is 3. The van der Waals surface area contributed by atoms with Gasteiger partial charge < -0.3 is 10.2 Å². The molecule has 0 aliphatic carbocycles. The Labute approximate surface area is 195 Å². The maximum absolute atomic E-state index is 13.0. The van der Waals surface area contributed by atoms with Crippen molar-refractivity contribution in [1.82, 2.24) is 9.80 Å². The van der Waals surface area contributed by atoms with Crippen LogP contribution in [0.5, 0.6) is 0 Å². The van der Waals surface area contributed by atoms with Crippen molar-refractivity contribution < 1.29 is 9.59 Å². The fourth-order valence-corrected chi connectivity index (χ4v) is 5.31. The van der Waals surface area contributed by atoms with E-state index >= 15 is 0 Å². The molecule has 2 heterocycles. The largest absolute Gasteiger partial charge is 0.322 e. The predicted octanol–water partition coefficient (Wildman–Crippen LogP) is 5.28. The summed E-state index contributed by atoms with van der Waals surface area (Å²) < 4.78 is 0. The number of carbonyl (C=O) groups is 2. The first-order chi connectivity index (χ1) is 16.0. The van der Waals surface area contributed by atoms with Gasteiger partial charge in [-0.2, -0.15) is 0 Å². The Morgan fingerprint density at radius 2 is 1.52 bits per heavy atom. The quantitative estimate of drug-likeness (QED) is 0.551. The van der Waals surface area contributed by atoms with E-state index in [1.165, 1.54) is 11.1 Å². The predicted molar refractivity (Wildman–Crippen MR) is 131 cm³/mol. The molecule has 0 radical (unpaired) electrons. The molecule has 3 aromatic carbocycles. The van der Waals surface area contributed by atoms with E-state index in [0.717, 1.165) is 19.5 Å². The standard InChI is InChI=1S/C28H29N3O2/c1-19-8-6-7-11-26(19)20(2)30-17-25-16-24(30)18-31(25)28(33)29-23-14-12-22(13-15-23)27(32)21-9-4-3-5-10-21/h3-15,20,24-25H,16-18H2,1-2H3,(H,29,33). The molecular weight excluding hydrogens is 410 g/mol. The Balaban J connectivity index is 1.20. The molecule has 0 saturated carbocycles. The summed E-state index contributed by atoms with van der Waals surface area (Å²) >= 11 is 0. The van der Waals surface area contributed by atoms with Gasteiger partial charge in [0.05, 0.1) is 0 Å². The zero-order chi connectivity index (χ0) is 22.9. The van der Waals surface area contributed by atoms with Crippen molar-refractivity contribution in [1.29, 1.82) is 0 Å². The van der Waals surface area contributed by atoms with Crippen molar-refractivity contribution in [3.8, 4) is 0 Å². The molecule has 3 atom stereocenters. The average molecular weight is 440 g/mol. The molecule has 5 nitrogen and oxygen atoms in total. The van der Waals surface area contributed by atoms with Gasteiger partial charge in [-0.3, -0.25) is 9.69 Å². The highest BCUT2D eigenvalue weighted by Crippen LogP contribution is 2.37. The molecule has 2 saturated heterocycles. The first-order valence-electron chi connectivity index (χ1n) is 11.6. The molecule has 2 bridgehead atoms. The van der Waals surface area contributed by atoms with Gasteiger partial charge in [-0.15, -0.1) is 0 Å². The van der Waals surface area contributed by atoms with Crippen LogP contribution in [-0.4, -0.2) is 46.8 Å². The summed E-state index contributed by atoms with van der Waals surface area (Å²) in [4.78, 5) is 30.1. The molecule has 0 aromatic heterocycles. The number of likely N-dealkylation sites (tertiary alicyclic amines) is 2. The highest BCUT2D eigenvalue weighted by molar-refractivity contribution is 6.09. The first-order valence-corrected chi connectivity index (χ1v) is 11.6. The maximum Gasteiger partial charge on any atom is 0.322 e. The van der Waals surface area contributed by atoms with Crippen LogP contribution < -0.4 is 5.32 Å². The summed E-state index contributed by atoms with van der Waals surface area (Å²) in [7, 11) is 0. The molecule has 2 fully saturated rings. The average Bonchev–Trinajstić information content (AvgIpc) is 3.46. The van der Waals surface area contributed by atoms with Gasteiger partial charge in [0, 0.05) is 48.0 Å². The van der Waals surface area contributed by atoms with E-state index < -0.39 is 0 Å². The SMILES string of the molecule is Cc1ccccc1C(C)N1CC2CC1CN2C(=O)Nc1ccc(C(=O)c2ccccc2)cc1. The second kappa shape index (κ2) is 8.83. The molecule has 3 unspecified atom stereocenters. The second-order valence-corrected chi connectivity index (χ2v) is 9.13. The van der Waals surface area contributed by atoms with E-state index in [0.29, 0.717) is 28.9 Å². The lowest BCUT2D eigenvalue weighted by Crippen LogP contribution is -2.50. The van der Waals surface area contributed by atoms with Gasteiger partial charge in [-0.1, -0.05) is 54.6 Å². The van der Waals surface area contributed by atoms with E-state index in [9.17, 15) is 9.59 Å². The van der Waals surface area contributed by atoms with Crippen LogP contribution in [0.25, 0.3) is 0 Å². The molecule has 5 rings (SSSR count). The number of rotatable bonds is 5. The highest BCUT2D eigenvalue weighted by atomic mass is 16.2. The van der Waals surface area contributed by atoms with E-state index in [2.05, 4.69) is 48.3 Å². The smallest absolute Gasteiger partial charge is 0.319 e. The third-order valence-corrected chi connectivity index (χ3v) is 7.11. The lowest BCUT2D eigenvalue weighted by Gasteiger charge is -2.38. The number of amides is 2. The van der Waals surface area contributed by atoms with E-state index in [-0.39, 0.29) is 17.9 Å². The summed E-state index contributed by atoms with van der Waals surface area (Å²) in [6.07, 6.45) is 1.02. The first kappa shape index (κ1) is 21.4. The lowest BCUT2D eigenvalue weighted by molar-refractivity contribution is 0.103. The number of fused-ring (bicyclic) bond motifs is 2. The molecule has 1 N–H and O–H groups in total. The highest BCUT2D eigenvalue weighted by Gasteiger charge is 2.46. The van der Waals surface area contributed by atoms with Crippen LogP contribution in [0, 0.1) is 6.92 Å². The molecule has 2 aliphatic heterocycles. The van der Waals surface area contributed by atoms with Crippen LogP contribution in [0.4, 0.5) is 10.5 Å². The number of aryl methyl sites for hydroxylation is 1. The number of carbonyl (C=O) groups excluding carboxylic acids is 2. The van der Waals surface area contributed by atoms with Gasteiger partial charge in [0.25, 0.3) is 0 Å². The summed E-state index contributed by atoms with van der Waals surface area (Å²) in [6.45, 7) is 6.08. The third-order valence-electron chi connectivity index (χ3n) is 7.11. The van der Waals surface area contributed by atoms with Crippen molar-refractivity contribution in [3.05, 3.63) is 101 Å². The van der Waals surface area contributed by atoms with Crippen LogP contribution in [0.15, 0.2) is 78.9 Å². The Hall–Kier alpha value is -3.44. The number of anilines is 1. The lowest BCUT2D eigenvalue weighted by atomic mass is 10.0. The van der Waals surface area contributed by atoms with Crippen LogP contribution in [0.1, 0.15) is 46.4 Å². The van der Waals surface area contributed by atoms with Gasteiger partial charge in [0.2, 0.25) is 0 Å². The van der Waals surface area contributed by atoms with Crippen molar-refractivity contribution >= 4 is 17.5 Å². The summed E-state index contributed by atoms with van der Waals surface area (Å²) in [5.41, 5.74) is 4.66. The second-order valence-electron chi connectivity index (χ2n) is 9.13. The minimum absolute atomic E-state index is 0.0202. The fraction of sp³-hybridized carbons (Fsp3) is 0.286. The van der Waals surface area contributed by atoms with Gasteiger partial charge in [0.15, 0.2) is 5.78 Å². The van der Waals surface area contributed by atoms with Gasteiger partial charge >= 0.3 is 6.03 Å². The van der Waals surface area contributed by atoms with E-state index in [1.54, 1.807) is 24.3 Å². The van der Waals surface area contributed by atoms with Crippen molar-refractivity contribution in [2.24, 2.45) is 0 Å². The van der Waals surface area contributed by atoms with Crippen LogP contribution in [0.2, 0.25) is 0 Å². The number of piperazine rings is 1. The molecule has 3 aromatic rings. The van der Waals surface area contributed by atoms with Gasteiger partial charge in [0.1, 0.15) is 0 Å². The van der Waals surface area contributed by atoms with Gasteiger partial charge in [-0.05, 0) is 55.7 Å². The molecule has 2 amide bonds. The van der Waals surface area contributed by atoms with Crippen molar-refractivity contribution in [2.75, 3.05) is 18.4 Å². The molecule has 168 valence electrons. The monoisotopic (exact) mass is 439 g/mol. The number of nitrogens with zero attached hydrogens (tertiary/aromatic N) is 2. The zero-order valence-corrected chi connectivity index (χ0v) is 19.1. The third kappa shape index (κ3) is 4.16. The minimum Gasteiger partial charge on any atom is -0.319 e. The molecular formula is C28H29N3O2. The normalized spacial score (nSPS) is 20.6. The van der Waals surface area contributed by atoms with Crippen molar-refractivity contribution in [2.45, 2.75) is 38.4 Å². The van der Waals surface area contributed by atoms with E-state index in [4.69, 9.17) is 0 Å². The summed E-state index contributed by atoms with van der Waals surface area (Å²) in [5.74, 6) is -0.0202. The Bertz CT molecular complexity index is 1160. The topological polar surface area (TPSA) is 52.6 Å². The van der Waals surface area contributed by atoms with Crippen LogP contribution in [0.3, 0.4) is 0 Å². The number of nitrogens with one attached hydrogen (secondary N) is 1. The maximum atomic E-state index is 13.0. The van der Waals surface area contributed by atoms with Crippen LogP contribution in [-0.2, 0) is 0 Å². The minimum atomic E-state index is -0.0622. The van der Waals surface area contributed by atoms with Gasteiger partial charge in [-0.25, -0.2) is 4.79 Å². The Morgan fingerprint density at radius 3 is 2.18 bits per heavy atom. The van der Waals surface area contributed by atoms with E-state index in [1.807, 2.05) is 35.2 Å². The number of hydrogen-bond donors (Lipinski definition) is 1. The summed E-state index contributed by atoms with van der Waals surface area (Å²) in [6, 6.07) is 25.8. The zero-order valence-electron chi connectivity index (χ0n) is 19.1. The molecule has 33 heavy (non-hydrogen) atoms. The molecule has 2 aliphatic rings. The Kier molecular flexibility index (Phi) is 5.73. The number of urea groups is 1. The molecule has 5 heteroatoms. The number of benzene rings is 3. The number of ketones is 1. The molecule has 0 spiro atoms. The Morgan fingerprint density at radius 1 is 0.848 bits per heavy atom.